The van der Waals surface area contributed by atoms with Gasteiger partial charge in [0.15, 0.2) is 11.5 Å². The second-order valence-corrected chi connectivity index (χ2v) is 7.54. The number of hydrogen-bond acceptors (Lipinski definition) is 6. The minimum atomic E-state index is -3.50. The fourth-order valence-electron chi connectivity index (χ4n) is 2.34. The smallest absolute Gasteiger partial charge is 0.219 e. The summed E-state index contributed by atoms with van der Waals surface area (Å²) in [5.74, 6) is 1.68. The van der Waals surface area contributed by atoms with Crippen LogP contribution in [0.25, 0.3) is 0 Å². The lowest BCUT2D eigenvalue weighted by atomic mass is 10.2. The van der Waals surface area contributed by atoms with E-state index >= 15 is 0 Å². The first-order valence-corrected chi connectivity index (χ1v) is 8.79. The van der Waals surface area contributed by atoms with Gasteiger partial charge in [0, 0.05) is 13.1 Å². The SMILES string of the molecule is Cc1cc(CS(=O)(=O)N(C)CC2COc3ccccc3O2)no1. The van der Waals surface area contributed by atoms with E-state index in [0.29, 0.717) is 29.6 Å². The quantitative estimate of drug-likeness (QED) is 0.823. The van der Waals surface area contributed by atoms with Crippen LogP contribution < -0.4 is 9.47 Å². The number of ether oxygens (including phenoxy) is 2. The van der Waals surface area contributed by atoms with Crippen molar-refractivity contribution < 1.29 is 22.4 Å². The molecule has 1 unspecified atom stereocenters. The molecule has 0 fully saturated rings. The van der Waals surface area contributed by atoms with Crippen LogP contribution in [-0.2, 0) is 15.8 Å². The standard InChI is InChI=1S/C15H18N2O5S/c1-11-7-12(16-22-11)10-23(18,19)17(2)8-13-9-20-14-5-3-4-6-15(14)21-13/h3-7,13H,8-10H2,1-2H3. The summed E-state index contributed by atoms with van der Waals surface area (Å²) in [6.07, 6.45) is -0.358. The maximum Gasteiger partial charge on any atom is 0.219 e. The van der Waals surface area contributed by atoms with Crippen molar-refractivity contribution in [3.05, 3.63) is 41.8 Å². The predicted molar refractivity (Wildman–Crippen MR) is 82.8 cm³/mol. The molecule has 8 heteroatoms. The summed E-state index contributed by atoms with van der Waals surface area (Å²) in [6, 6.07) is 8.94. The third kappa shape index (κ3) is 3.65. The number of benzene rings is 1. The molecule has 0 amide bonds. The highest BCUT2D eigenvalue weighted by molar-refractivity contribution is 7.88. The van der Waals surface area contributed by atoms with E-state index in [9.17, 15) is 8.42 Å². The van der Waals surface area contributed by atoms with E-state index in [4.69, 9.17) is 14.0 Å². The Bertz CT molecular complexity index is 787. The van der Waals surface area contributed by atoms with Crippen LogP contribution in [0.15, 0.2) is 34.9 Å². The zero-order valence-electron chi connectivity index (χ0n) is 12.9. The van der Waals surface area contributed by atoms with E-state index in [0.717, 1.165) is 0 Å². The van der Waals surface area contributed by atoms with Gasteiger partial charge in [0.1, 0.15) is 29.9 Å². The highest BCUT2D eigenvalue weighted by atomic mass is 32.2. The third-order valence-corrected chi connectivity index (χ3v) is 5.27. The lowest BCUT2D eigenvalue weighted by Gasteiger charge is -2.29. The largest absolute Gasteiger partial charge is 0.486 e. The van der Waals surface area contributed by atoms with Crippen molar-refractivity contribution in [1.82, 2.24) is 9.46 Å². The molecular weight excluding hydrogens is 320 g/mol. The van der Waals surface area contributed by atoms with Crippen LogP contribution in [-0.4, -0.2) is 44.2 Å². The molecule has 124 valence electrons. The molecule has 1 aliphatic rings. The van der Waals surface area contributed by atoms with E-state index in [2.05, 4.69) is 5.16 Å². The Hall–Kier alpha value is -2.06. The van der Waals surface area contributed by atoms with Crippen molar-refractivity contribution in [2.45, 2.75) is 18.8 Å². The van der Waals surface area contributed by atoms with Gasteiger partial charge in [0.25, 0.3) is 0 Å². The molecule has 1 aromatic heterocycles. The van der Waals surface area contributed by atoms with Crippen LogP contribution in [0.2, 0.25) is 0 Å². The molecule has 3 rings (SSSR count). The molecule has 0 N–H and O–H groups in total. The van der Waals surface area contributed by atoms with Crippen LogP contribution >= 0.6 is 0 Å². The molecule has 0 saturated heterocycles. The van der Waals surface area contributed by atoms with Crippen molar-refractivity contribution >= 4 is 10.0 Å². The van der Waals surface area contributed by atoms with Crippen molar-refractivity contribution in [3.63, 3.8) is 0 Å². The maximum atomic E-state index is 12.4. The van der Waals surface area contributed by atoms with Crippen LogP contribution in [0.5, 0.6) is 11.5 Å². The number of sulfonamides is 1. The van der Waals surface area contributed by atoms with Gasteiger partial charge in [0.2, 0.25) is 10.0 Å². The summed E-state index contributed by atoms with van der Waals surface area (Å²) in [6.45, 7) is 2.23. The summed E-state index contributed by atoms with van der Waals surface area (Å²) in [5.41, 5.74) is 0.389. The molecule has 1 atom stereocenters. The Morgan fingerprint density at radius 3 is 2.74 bits per heavy atom. The number of para-hydroxylation sites is 2. The molecular formula is C15H18N2O5S. The van der Waals surface area contributed by atoms with Crippen molar-refractivity contribution in [1.29, 1.82) is 0 Å². The molecule has 2 aromatic rings. The highest BCUT2D eigenvalue weighted by Crippen LogP contribution is 2.31. The molecule has 0 saturated carbocycles. The lowest BCUT2D eigenvalue weighted by molar-refractivity contribution is 0.0798. The Kier molecular flexibility index (Phi) is 4.27. The molecule has 0 spiro atoms. The molecule has 1 aliphatic heterocycles. The Morgan fingerprint density at radius 1 is 1.30 bits per heavy atom. The zero-order chi connectivity index (χ0) is 16.4. The molecule has 0 aliphatic carbocycles. The molecule has 0 radical (unpaired) electrons. The predicted octanol–water partition coefficient (Wildman–Crippen LogP) is 1.58. The molecule has 2 heterocycles. The van der Waals surface area contributed by atoms with Gasteiger partial charge < -0.3 is 14.0 Å². The Labute approximate surface area is 134 Å². The average Bonchev–Trinajstić information content (AvgIpc) is 2.91. The molecule has 7 nitrogen and oxygen atoms in total. The fourth-order valence-corrected chi connectivity index (χ4v) is 3.46. The molecule has 0 bridgehead atoms. The van der Waals surface area contributed by atoms with E-state index in [1.807, 2.05) is 18.2 Å². The maximum absolute atomic E-state index is 12.4. The normalized spacial score (nSPS) is 17.4. The molecule has 1 aromatic carbocycles. The summed E-state index contributed by atoms with van der Waals surface area (Å²) in [7, 11) is -1.98. The van der Waals surface area contributed by atoms with Gasteiger partial charge in [-0.05, 0) is 19.1 Å². The fraction of sp³-hybridized carbons (Fsp3) is 0.400. The number of aromatic nitrogens is 1. The van der Waals surface area contributed by atoms with Gasteiger partial charge in [-0.15, -0.1) is 0 Å². The van der Waals surface area contributed by atoms with Crippen LogP contribution in [0, 0.1) is 6.92 Å². The summed E-state index contributed by atoms with van der Waals surface area (Å²) < 4.78 is 42.3. The number of aryl methyl sites for hydroxylation is 1. The van der Waals surface area contributed by atoms with Gasteiger partial charge in [-0.25, -0.2) is 12.7 Å². The van der Waals surface area contributed by atoms with Gasteiger partial charge in [-0.1, -0.05) is 17.3 Å². The molecule has 23 heavy (non-hydrogen) atoms. The van der Waals surface area contributed by atoms with Crippen molar-refractivity contribution in [2.24, 2.45) is 0 Å². The monoisotopic (exact) mass is 338 g/mol. The van der Waals surface area contributed by atoms with Gasteiger partial charge in [-0.3, -0.25) is 0 Å². The first kappa shape index (κ1) is 15.8. The minimum absolute atomic E-state index is 0.202. The number of rotatable bonds is 5. The van der Waals surface area contributed by atoms with E-state index in [1.165, 1.54) is 11.4 Å². The zero-order valence-corrected chi connectivity index (χ0v) is 13.7. The number of hydrogen-bond donors (Lipinski definition) is 0. The second kappa shape index (κ2) is 6.21. The highest BCUT2D eigenvalue weighted by Gasteiger charge is 2.27. The lowest BCUT2D eigenvalue weighted by Crippen LogP contribution is -2.42. The number of fused-ring (bicyclic) bond motifs is 1. The summed E-state index contributed by atoms with van der Waals surface area (Å²) in [4.78, 5) is 0. The van der Waals surface area contributed by atoms with E-state index < -0.39 is 10.0 Å². The van der Waals surface area contributed by atoms with Gasteiger partial charge >= 0.3 is 0 Å². The summed E-state index contributed by atoms with van der Waals surface area (Å²) >= 11 is 0. The van der Waals surface area contributed by atoms with Crippen molar-refractivity contribution in [2.75, 3.05) is 20.2 Å². The average molecular weight is 338 g/mol. The first-order valence-electron chi connectivity index (χ1n) is 7.19. The minimum Gasteiger partial charge on any atom is -0.486 e. The Balaban J connectivity index is 1.63. The topological polar surface area (TPSA) is 81.9 Å². The van der Waals surface area contributed by atoms with E-state index in [-0.39, 0.29) is 18.4 Å². The third-order valence-electron chi connectivity index (χ3n) is 3.51. The second-order valence-electron chi connectivity index (χ2n) is 5.46. The van der Waals surface area contributed by atoms with Crippen molar-refractivity contribution in [3.8, 4) is 11.5 Å². The summed E-state index contributed by atoms with van der Waals surface area (Å²) in [5, 5.41) is 3.72. The van der Waals surface area contributed by atoms with E-state index in [1.54, 1.807) is 19.1 Å². The Morgan fingerprint density at radius 2 is 2.04 bits per heavy atom. The van der Waals surface area contributed by atoms with Crippen LogP contribution in [0.4, 0.5) is 0 Å². The van der Waals surface area contributed by atoms with Crippen LogP contribution in [0.1, 0.15) is 11.5 Å². The van der Waals surface area contributed by atoms with Gasteiger partial charge in [-0.2, -0.15) is 0 Å². The number of nitrogens with zero attached hydrogens (tertiary/aromatic N) is 2. The first-order chi connectivity index (χ1) is 10.9. The van der Waals surface area contributed by atoms with Gasteiger partial charge in [0.05, 0.1) is 6.54 Å². The van der Waals surface area contributed by atoms with Crippen LogP contribution in [0.3, 0.4) is 0 Å². The number of likely N-dealkylation sites (N-methyl/N-ethyl adjacent to an activating group) is 1.